The smallest absolute Gasteiger partial charge is 0.270 e. The van der Waals surface area contributed by atoms with Gasteiger partial charge < -0.3 is 9.47 Å². The van der Waals surface area contributed by atoms with E-state index >= 15 is 0 Å². The number of rotatable bonds is 5. The van der Waals surface area contributed by atoms with Crippen LogP contribution in [0.3, 0.4) is 0 Å². The van der Waals surface area contributed by atoms with Crippen molar-refractivity contribution in [2.24, 2.45) is 0 Å². The molecule has 0 bridgehead atoms. The molecular formula is C20H15Cl2IN2O4S. The highest BCUT2D eigenvalue weighted by Crippen LogP contribution is 2.36. The first-order valence-electron chi connectivity index (χ1n) is 8.64. The fourth-order valence-electron chi connectivity index (χ4n) is 2.82. The van der Waals surface area contributed by atoms with Gasteiger partial charge in [-0.1, -0.05) is 29.3 Å². The fourth-order valence-corrected chi connectivity index (χ4v) is 4.25. The fraction of sp³-hybridized carbons (Fsp3) is 0.150. The molecule has 1 heterocycles. The number of anilines is 1. The summed E-state index contributed by atoms with van der Waals surface area (Å²) in [5, 5.41) is 2.86. The molecule has 0 atom stereocenters. The number of carbonyl (C=O) groups is 2. The first-order chi connectivity index (χ1) is 14.3. The Morgan fingerprint density at radius 1 is 1.27 bits per heavy atom. The molecule has 1 aliphatic rings. The molecule has 6 nitrogen and oxygen atoms in total. The number of nitrogens with one attached hydrogen (secondary N) is 1. The average Bonchev–Trinajstić information content (AvgIpc) is 2.70. The van der Waals surface area contributed by atoms with Crippen molar-refractivity contribution >= 4 is 86.7 Å². The lowest BCUT2D eigenvalue weighted by molar-refractivity contribution is -0.122. The molecule has 2 aromatic carbocycles. The Morgan fingerprint density at radius 2 is 2.00 bits per heavy atom. The lowest BCUT2D eigenvalue weighted by atomic mass is 10.1. The molecule has 0 aromatic heterocycles. The van der Waals surface area contributed by atoms with Crippen LogP contribution in [0.2, 0.25) is 10.0 Å². The molecule has 30 heavy (non-hydrogen) atoms. The number of thiocarbonyl (C=S) groups is 1. The summed E-state index contributed by atoms with van der Waals surface area (Å²) in [5.41, 5.74) is 0.758. The monoisotopic (exact) mass is 576 g/mol. The lowest BCUT2D eigenvalue weighted by Crippen LogP contribution is -2.54. The maximum atomic E-state index is 13.2. The molecule has 0 aliphatic carbocycles. The first kappa shape index (κ1) is 22.8. The van der Waals surface area contributed by atoms with E-state index in [1.165, 1.54) is 13.2 Å². The molecule has 1 N–H and O–H groups in total. The predicted molar refractivity (Wildman–Crippen MR) is 130 cm³/mol. The van der Waals surface area contributed by atoms with Gasteiger partial charge in [0.1, 0.15) is 5.57 Å². The molecule has 1 saturated heterocycles. The van der Waals surface area contributed by atoms with E-state index in [9.17, 15) is 9.59 Å². The molecule has 0 radical (unpaired) electrons. The summed E-state index contributed by atoms with van der Waals surface area (Å²) in [6.45, 7) is 2.34. The summed E-state index contributed by atoms with van der Waals surface area (Å²) in [7, 11) is 1.52. The molecule has 2 amide bonds. The summed E-state index contributed by atoms with van der Waals surface area (Å²) >= 11 is 19.6. The van der Waals surface area contributed by atoms with Crippen molar-refractivity contribution in [2.75, 3.05) is 18.6 Å². The Labute approximate surface area is 202 Å². The molecule has 3 rings (SSSR count). The third-order valence-corrected chi connectivity index (χ3v) is 6.02. The Hall–Kier alpha value is -1.88. The topological polar surface area (TPSA) is 67.9 Å². The van der Waals surface area contributed by atoms with Crippen molar-refractivity contribution in [3.63, 3.8) is 0 Å². The summed E-state index contributed by atoms with van der Waals surface area (Å²) < 4.78 is 11.8. The van der Waals surface area contributed by atoms with Crippen molar-refractivity contribution in [3.05, 3.63) is 55.1 Å². The number of hydrogen-bond acceptors (Lipinski definition) is 5. The Bertz CT molecular complexity index is 1090. The third-order valence-electron chi connectivity index (χ3n) is 4.13. The van der Waals surface area contributed by atoms with Gasteiger partial charge in [-0.05, 0) is 77.6 Å². The third kappa shape index (κ3) is 4.41. The maximum absolute atomic E-state index is 13.2. The van der Waals surface area contributed by atoms with Crippen LogP contribution in [-0.2, 0) is 9.59 Å². The van der Waals surface area contributed by atoms with Gasteiger partial charge in [-0.3, -0.25) is 19.8 Å². The van der Waals surface area contributed by atoms with Gasteiger partial charge in [0.15, 0.2) is 16.6 Å². The van der Waals surface area contributed by atoms with Crippen LogP contribution in [0.25, 0.3) is 6.08 Å². The standard InChI is InChI=1S/C20H15Cl2IN2O4S/c1-3-29-17-13(23)8-10(9-15(17)28-2)7-11-18(26)24-20(30)25(19(11)27)14-6-4-5-12(21)16(14)22/h4-9H,3H2,1-2H3,(H,24,26,30)/b11-7-. The normalized spacial score (nSPS) is 15.4. The van der Waals surface area contributed by atoms with Gasteiger partial charge in [-0.15, -0.1) is 0 Å². The molecule has 0 saturated carbocycles. The second kappa shape index (κ2) is 9.51. The van der Waals surface area contributed by atoms with Gasteiger partial charge in [0.2, 0.25) is 0 Å². The Kier molecular flexibility index (Phi) is 7.22. The van der Waals surface area contributed by atoms with Gasteiger partial charge in [0, 0.05) is 0 Å². The SMILES string of the molecule is CCOc1c(I)cc(/C=C2/C(=O)NC(=S)N(c3cccc(Cl)c3Cl)C2=O)cc1OC. The van der Waals surface area contributed by atoms with Gasteiger partial charge in [0.25, 0.3) is 11.8 Å². The van der Waals surface area contributed by atoms with Crippen LogP contribution >= 0.6 is 58.0 Å². The number of carbonyl (C=O) groups excluding carboxylic acids is 2. The number of ether oxygens (including phenoxy) is 2. The van der Waals surface area contributed by atoms with Crippen molar-refractivity contribution in [1.82, 2.24) is 5.32 Å². The van der Waals surface area contributed by atoms with E-state index < -0.39 is 11.8 Å². The van der Waals surface area contributed by atoms with E-state index in [0.717, 1.165) is 8.47 Å². The number of nitrogens with zero attached hydrogens (tertiary/aromatic N) is 1. The maximum Gasteiger partial charge on any atom is 0.270 e. The zero-order chi connectivity index (χ0) is 22.0. The second-order valence-electron chi connectivity index (χ2n) is 6.00. The van der Waals surface area contributed by atoms with E-state index in [0.29, 0.717) is 23.7 Å². The number of methoxy groups -OCH3 is 1. The van der Waals surface area contributed by atoms with Crippen LogP contribution in [0.4, 0.5) is 5.69 Å². The van der Waals surface area contributed by atoms with E-state index in [2.05, 4.69) is 27.9 Å². The van der Waals surface area contributed by atoms with Crippen molar-refractivity contribution < 1.29 is 19.1 Å². The minimum atomic E-state index is -0.615. The van der Waals surface area contributed by atoms with Crippen molar-refractivity contribution in [2.45, 2.75) is 6.92 Å². The second-order valence-corrected chi connectivity index (χ2v) is 8.33. The van der Waals surface area contributed by atoms with Crippen LogP contribution < -0.4 is 19.7 Å². The minimum absolute atomic E-state index is 0.0785. The molecule has 10 heteroatoms. The quantitative estimate of drug-likeness (QED) is 0.239. The van der Waals surface area contributed by atoms with Crippen LogP contribution in [0, 0.1) is 3.57 Å². The van der Waals surface area contributed by atoms with Crippen LogP contribution in [0.15, 0.2) is 35.9 Å². The highest BCUT2D eigenvalue weighted by molar-refractivity contribution is 14.1. The highest BCUT2D eigenvalue weighted by Gasteiger charge is 2.35. The van der Waals surface area contributed by atoms with E-state index in [1.54, 1.807) is 30.3 Å². The largest absolute Gasteiger partial charge is 0.493 e. The average molecular weight is 577 g/mol. The summed E-state index contributed by atoms with van der Waals surface area (Å²) in [6, 6.07) is 8.29. The number of amides is 2. The van der Waals surface area contributed by atoms with Crippen LogP contribution in [0.5, 0.6) is 11.5 Å². The molecule has 156 valence electrons. The Balaban J connectivity index is 2.07. The van der Waals surface area contributed by atoms with Crippen molar-refractivity contribution in [1.29, 1.82) is 0 Å². The predicted octanol–water partition coefficient (Wildman–Crippen LogP) is 4.84. The summed E-state index contributed by atoms with van der Waals surface area (Å²) in [4.78, 5) is 26.8. The number of benzene rings is 2. The minimum Gasteiger partial charge on any atom is -0.493 e. The number of hydrogen-bond donors (Lipinski definition) is 1. The first-order valence-corrected chi connectivity index (χ1v) is 10.9. The van der Waals surface area contributed by atoms with E-state index in [-0.39, 0.29) is 26.4 Å². The molecular weight excluding hydrogens is 562 g/mol. The number of halogens is 3. The zero-order valence-electron chi connectivity index (χ0n) is 15.8. The zero-order valence-corrected chi connectivity index (χ0v) is 20.3. The van der Waals surface area contributed by atoms with E-state index in [4.69, 9.17) is 44.9 Å². The molecule has 1 fully saturated rings. The lowest BCUT2D eigenvalue weighted by Gasteiger charge is -2.29. The summed E-state index contributed by atoms with van der Waals surface area (Å²) in [6.07, 6.45) is 1.46. The van der Waals surface area contributed by atoms with Crippen LogP contribution in [-0.4, -0.2) is 30.6 Å². The molecule has 1 aliphatic heterocycles. The molecule has 0 unspecified atom stereocenters. The van der Waals surface area contributed by atoms with Crippen molar-refractivity contribution in [3.8, 4) is 11.5 Å². The molecule has 2 aromatic rings. The van der Waals surface area contributed by atoms with Gasteiger partial charge >= 0.3 is 0 Å². The van der Waals surface area contributed by atoms with E-state index in [1.807, 2.05) is 6.92 Å². The van der Waals surface area contributed by atoms with Gasteiger partial charge in [-0.2, -0.15) is 0 Å². The summed E-state index contributed by atoms with van der Waals surface area (Å²) in [5.74, 6) is -0.141. The van der Waals surface area contributed by atoms with Gasteiger partial charge in [0.05, 0.1) is 33.0 Å². The highest BCUT2D eigenvalue weighted by atomic mass is 127. The van der Waals surface area contributed by atoms with Gasteiger partial charge in [-0.25, -0.2) is 0 Å². The Morgan fingerprint density at radius 3 is 2.67 bits per heavy atom. The van der Waals surface area contributed by atoms with Crippen LogP contribution in [0.1, 0.15) is 12.5 Å². The molecule has 0 spiro atoms.